The van der Waals surface area contributed by atoms with Gasteiger partial charge in [0.25, 0.3) is 0 Å². The van der Waals surface area contributed by atoms with E-state index in [1.165, 1.54) is 27.7 Å². The smallest absolute Gasteiger partial charge is 0.344 e. The van der Waals surface area contributed by atoms with Gasteiger partial charge in [-0.3, -0.25) is 9.59 Å². The topological polar surface area (TPSA) is 216 Å². The first-order valence-electron chi connectivity index (χ1n) is 14.2. The molecule has 2 N–H and O–H groups in total. The van der Waals surface area contributed by atoms with Crippen molar-refractivity contribution < 1.29 is 66.8 Å². The number of esters is 6. The summed E-state index contributed by atoms with van der Waals surface area (Å²) in [5.74, 6) is -8.76. The zero-order valence-corrected chi connectivity index (χ0v) is 27.1. The van der Waals surface area contributed by atoms with Crippen LogP contribution in [-0.2, 0) is 70.0 Å². The number of amides is 2. The molecular formula is C30H40N2O14. The Morgan fingerprint density at radius 1 is 0.543 bits per heavy atom. The van der Waals surface area contributed by atoms with Crippen LogP contribution in [-0.4, -0.2) is 99.4 Å². The molecule has 1 aromatic rings. The highest BCUT2D eigenvalue weighted by atomic mass is 16.6. The highest BCUT2D eigenvalue weighted by molar-refractivity contribution is 6.10. The Bertz CT molecular complexity index is 1220. The number of carbonyl (C=O) groups is 8. The molecule has 0 aliphatic rings. The molecule has 0 atom stereocenters. The van der Waals surface area contributed by atoms with Crippen LogP contribution in [0.4, 0.5) is 0 Å². The molecule has 254 valence electrons. The van der Waals surface area contributed by atoms with Gasteiger partial charge in [0.1, 0.15) is 0 Å². The standard InChI is InChI=1S/C30H40N2O14/c1-9-43-25(37)29(31-17(5)33,26(38)44-10-2)15-19-13-21(23(35)41-7)22(24(36)42-8)14-20(19)16-30(32-18(6)34,27(39)45-11-3)28(40)46-12-4/h13-14H,9-12,15-16H2,1-8H3,(H,31,33)(H,32,34). The van der Waals surface area contributed by atoms with Crippen LogP contribution in [0.3, 0.4) is 0 Å². The van der Waals surface area contributed by atoms with Crippen LogP contribution in [0.1, 0.15) is 73.4 Å². The van der Waals surface area contributed by atoms with Crippen molar-refractivity contribution in [3.63, 3.8) is 0 Å². The molecule has 0 saturated carbocycles. The van der Waals surface area contributed by atoms with Gasteiger partial charge in [-0.15, -0.1) is 0 Å². The summed E-state index contributed by atoms with van der Waals surface area (Å²) in [4.78, 5) is 104. The average Bonchev–Trinajstić information content (AvgIpc) is 2.99. The van der Waals surface area contributed by atoms with Crippen LogP contribution in [0, 0.1) is 0 Å². The fraction of sp³-hybridized carbons (Fsp3) is 0.533. The van der Waals surface area contributed by atoms with E-state index in [0.29, 0.717) is 0 Å². The molecule has 2 amide bonds. The van der Waals surface area contributed by atoms with Gasteiger partial charge in [0, 0.05) is 26.7 Å². The third-order valence-corrected chi connectivity index (χ3v) is 6.34. The number of ether oxygens (including phenoxy) is 6. The highest BCUT2D eigenvalue weighted by Gasteiger charge is 2.53. The Kier molecular flexibility index (Phi) is 14.8. The minimum Gasteiger partial charge on any atom is -0.465 e. The molecule has 0 aliphatic carbocycles. The molecule has 0 bridgehead atoms. The van der Waals surface area contributed by atoms with Gasteiger partial charge in [0.2, 0.25) is 22.9 Å². The fourth-order valence-electron chi connectivity index (χ4n) is 4.51. The number of methoxy groups -OCH3 is 2. The first kappa shape index (κ1) is 39.0. The lowest BCUT2D eigenvalue weighted by Gasteiger charge is -2.33. The number of hydrogen-bond acceptors (Lipinski definition) is 14. The summed E-state index contributed by atoms with van der Waals surface area (Å²) in [7, 11) is 2.05. The molecule has 0 spiro atoms. The van der Waals surface area contributed by atoms with Gasteiger partial charge in [-0.2, -0.15) is 0 Å². The summed E-state index contributed by atoms with van der Waals surface area (Å²) >= 11 is 0. The lowest BCUT2D eigenvalue weighted by Crippen LogP contribution is -2.63. The molecule has 0 aliphatic heterocycles. The maximum atomic E-state index is 13.4. The molecule has 0 saturated heterocycles. The van der Waals surface area contributed by atoms with Gasteiger partial charge in [-0.1, -0.05) is 0 Å². The van der Waals surface area contributed by atoms with Gasteiger partial charge in [0.05, 0.1) is 51.8 Å². The predicted molar refractivity (Wildman–Crippen MR) is 156 cm³/mol. The minimum absolute atomic E-state index is 0.161. The molecule has 0 aromatic heterocycles. The molecule has 0 unspecified atom stereocenters. The maximum Gasteiger partial charge on any atom is 0.344 e. The lowest BCUT2D eigenvalue weighted by molar-refractivity contribution is -0.169. The van der Waals surface area contributed by atoms with Gasteiger partial charge in [-0.05, 0) is 51.0 Å². The van der Waals surface area contributed by atoms with Crippen molar-refractivity contribution in [3.8, 4) is 0 Å². The van der Waals surface area contributed by atoms with E-state index < -0.39 is 82.7 Å². The second-order valence-corrected chi connectivity index (χ2v) is 9.56. The van der Waals surface area contributed by atoms with E-state index in [1.54, 1.807) is 0 Å². The Morgan fingerprint density at radius 2 is 0.804 bits per heavy atom. The molecule has 16 nitrogen and oxygen atoms in total. The maximum absolute atomic E-state index is 13.4. The third kappa shape index (κ3) is 9.01. The summed E-state index contributed by atoms with van der Waals surface area (Å²) in [5.41, 5.74) is -6.28. The van der Waals surface area contributed by atoms with Crippen LogP contribution >= 0.6 is 0 Å². The van der Waals surface area contributed by atoms with E-state index in [4.69, 9.17) is 28.4 Å². The van der Waals surface area contributed by atoms with E-state index in [2.05, 4.69) is 10.6 Å². The van der Waals surface area contributed by atoms with Crippen molar-refractivity contribution in [1.29, 1.82) is 0 Å². The Balaban J connectivity index is 4.41. The second-order valence-electron chi connectivity index (χ2n) is 9.56. The van der Waals surface area contributed by atoms with E-state index in [1.807, 2.05) is 0 Å². The second kappa shape index (κ2) is 17.5. The Hall–Kier alpha value is -5.02. The number of carbonyl (C=O) groups excluding carboxylic acids is 8. The van der Waals surface area contributed by atoms with Crippen molar-refractivity contribution in [2.45, 2.75) is 65.5 Å². The monoisotopic (exact) mass is 652 g/mol. The summed E-state index contributed by atoms with van der Waals surface area (Å²) < 4.78 is 30.2. The van der Waals surface area contributed by atoms with Crippen LogP contribution < -0.4 is 10.6 Å². The molecule has 1 aromatic carbocycles. The summed E-state index contributed by atoms with van der Waals surface area (Å²) in [6.45, 7) is 6.97. The number of rotatable bonds is 16. The molecule has 1 rings (SSSR count). The molecule has 0 radical (unpaired) electrons. The van der Waals surface area contributed by atoms with Crippen LogP contribution in [0.2, 0.25) is 0 Å². The molecule has 16 heteroatoms. The van der Waals surface area contributed by atoms with Crippen LogP contribution in [0.15, 0.2) is 12.1 Å². The Morgan fingerprint density at radius 3 is 1.00 bits per heavy atom. The van der Waals surface area contributed by atoms with Gasteiger partial charge >= 0.3 is 35.8 Å². The summed E-state index contributed by atoms with van der Waals surface area (Å²) in [6, 6.07) is 2.11. The number of benzene rings is 1. The Labute approximate surface area is 265 Å². The van der Waals surface area contributed by atoms with E-state index in [0.717, 1.165) is 40.2 Å². The summed E-state index contributed by atoms with van der Waals surface area (Å²) in [6.07, 6.45) is -1.60. The van der Waals surface area contributed by atoms with E-state index in [9.17, 15) is 38.4 Å². The third-order valence-electron chi connectivity index (χ3n) is 6.34. The predicted octanol–water partition coefficient (Wildman–Crippen LogP) is 0.347. The molecule has 46 heavy (non-hydrogen) atoms. The van der Waals surface area contributed by atoms with Crippen molar-refractivity contribution in [1.82, 2.24) is 10.6 Å². The van der Waals surface area contributed by atoms with Crippen molar-refractivity contribution >= 4 is 47.6 Å². The molecule has 0 heterocycles. The van der Waals surface area contributed by atoms with E-state index >= 15 is 0 Å². The van der Waals surface area contributed by atoms with Gasteiger partial charge in [-0.25, -0.2) is 28.8 Å². The van der Waals surface area contributed by atoms with Crippen LogP contribution in [0.5, 0.6) is 0 Å². The SMILES string of the molecule is CCOC(=O)C(Cc1cc(C(=O)OC)c(C(=O)OC)cc1CC(NC(C)=O)(C(=O)OCC)C(=O)OCC)(NC(C)=O)C(=O)OCC. The zero-order valence-electron chi connectivity index (χ0n) is 27.1. The molecular weight excluding hydrogens is 612 g/mol. The number of hydrogen-bond donors (Lipinski definition) is 2. The number of nitrogens with one attached hydrogen (secondary N) is 2. The minimum atomic E-state index is -2.57. The van der Waals surface area contributed by atoms with E-state index in [-0.39, 0.29) is 37.6 Å². The average molecular weight is 653 g/mol. The highest BCUT2D eigenvalue weighted by Crippen LogP contribution is 2.30. The van der Waals surface area contributed by atoms with Crippen molar-refractivity contribution in [2.75, 3.05) is 40.6 Å². The van der Waals surface area contributed by atoms with Crippen molar-refractivity contribution in [2.24, 2.45) is 0 Å². The zero-order chi connectivity index (χ0) is 35.2. The normalized spacial score (nSPS) is 11.0. The first-order chi connectivity index (χ1) is 21.6. The molecule has 0 fully saturated rings. The fourth-order valence-corrected chi connectivity index (χ4v) is 4.51. The first-order valence-corrected chi connectivity index (χ1v) is 14.2. The van der Waals surface area contributed by atoms with Gasteiger partial charge < -0.3 is 39.1 Å². The van der Waals surface area contributed by atoms with Crippen LogP contribution in [0.25, 0.3) is 0 Å². The van der Waals surface area contributed by atoms with Crippen molar-refractivity contribution in [3.05, 3.63) is 34.4 Å². The quantitative estimate of drug-likeness (QED) is 0.140. The largest absolute Gasteiger partial charge is 0.465 e. The lowest BCUT2D eigenvalue weighted by atomic mass is 9.81. The summed E-state index contributed by atoms with van der Waals surface area (Å²) in [5, 5.41) is 4.56. The van der Waals surface area contributed by atoms with Gasteiger partial charge in [0.15, 0.2) is 0 Å².